The molecule has 0 saturated carbocycles. The van der Waals surface area contributed by atoms with Gasteiger partial charge in [0.25, 0.3) is 0 Å². The summed E-state index contributed by atoms with van der Waals surface area (Å²) in [5.41, 5.74) is 0. The Hall–Kier alpha value is -1.44. The minimum absolute atomic E-state index is 0.0341. The summed E-state index contributed by atoms with van der Waals surface area (Å²) >= 11 is 1.83. The Labute approximate surface area is 146 Å². The van der Waals surface area contributed by atoms with E-state index in [4.69, 9.17) is 4.74 Å². The highest BCUT2D eigenvalue weighted by atomic mass is 32.1. The van der Waals surface area contributed by atoms with Gasteiger partial charge in [0.05, 0.1) is 18.6 Å². The Balaban J connectivity index is 1.43. The number of thiophene rings is 1. The molecular formula is C17H25N3O3S. The molecule has 1 unspecified atom stereocenters. The normalized spacial score (nSPS) is 22.0. The third-order valence-corrected chi connectivity index (χ3v) is 5.67. The number of likely N-dealkylation sites (tertiary alicyclic amines) is 2. The van der Waals surface area contributed by atoms with Crippen LogP contribution in [0.15, 0.2) is 12.1 Å². The summed E-state index contributed by atoms with van der Waals surface area (Å²) in [4.78, 5) is 31.3. The molecule has 3 heterocycles. The Bertz CT molecular complexity index is 598. The number of hydrogen-bond acceptors (Lipinski definition) is 5. The number of carbonyl (C=O) groups is 2. The lowest BCUT2D eigenvalue weighted by Gasteiger charge is -2.44. The number of nitrogens with zero attached hydrogens (tertiary/aromatic N) is 2. The van der Waals surface area contributed by atoms with Crippen molar-refractivity contribution >= 4 is 23.2 Å². The third-order valence-electron chi connectivity index (χ3n) is 4.69. The maximum Gasteiger partial charge on any atom is 0.225 e. The maximum absolute atomic E-state index is 12.2. The Morgan fingerprint density at radius 3 is 2.83 bits per heavy atom. The first-order valence-electron chi connectivity index (χ1n) is 8.40. The van der Waals surface area contributed by atoms with Gasteiger partial charge < -0.3 is 15.0 Å². The summed E-state index contributed by atoms with van der Waals surface area (Å²) in [6.45, 7) is 6.43. The number of ether oxygens (including phenoxy) is 1. The lowest BCUT2D eigenvalue weighted by Crippen LogP contribution is -2.59. The van der Waals surface area contributed by atoms with Crippen molar-refractivity contribution in [3.05, 3.63) is 21.9 Å². The van der Waals surface area contributed by atoms with Gasteiger partial charge in [0.2, 0.25) is 11.8 Å². The van der Waals surface area contributed by atoms with Crippen LogP contribution >= 0.6 is 11.3 Å². The fourth-order valence-corrected chi connectivity index (χ4v) is 4.27. The fraction of sp³-hybridized carbons (Fsp3) is 0.647. The van der Waals surface area contributed by atoms with Crippen LogP contribution in [0, 0.1) is 12.8 Å². The van der Waals surface area contributed by atoms with Gasteiger partial charge in [-0.05, 0) is 19.1 Å². The quantitative estimate of drug-likeness (QED) is 0.740. The Kier molecular flexibility index (Phi) is 5.53. The van der Waals surface area contributed by atoms with E-state index in [9.17, 15) is 9.59 Å². The fourth-order valence-electron chi connectivity index (χ4n) is 3.34. The van der Waals surface area contributed by atoms with Crippen LogP contribution < -0.4 is 5.32 Å². The van der Waals surface area contributed by atoms with Crippen LogP contribution in [0.25, 0.3) is 0 Å². The number of aryl methyl sites for hydroxylation is 1. The molecule has 3 rings (SSSR count). The first-order valence-corrected chi connectivity index (χ1v) is 9.22. The van der Waals surface area contributed by atoms with E-state index in [1.165, 1.54) is 9.75 Å². The van der Waals surface area contributed by atoms with Crippen molar-refractivity contribution < 1.29 is 14.3 Å². The first kappa shape index (κ1) is 17.4. The molecule has 2 fully saturated rings. The summed E-state index contributed by atoms with van der Waals surface area (Å²) in [6, 6.07) is 4.58. The number of amides is 2. The molecule has 7 heteroatoms. The highest BCUT2D eigenvalue weighted by Crippen LogP contribution is 2.27. The summed E-state index contributed by atoms with van der Waals surface area (Å²) in [5.74, 6) is -0.144. The summed E-state index contributed by atoms with van der Waals surface area (Å²) < 4.78 is 4.93. The molecule has 24 heavy (non-hydrogen) atoms. The SMILES string of the molecule is COCCNC(=O)C1CC(=O)N(C2CN(Cc3ccc(C)s3)C2)C1. The highest BCUT2D eigenvalue weighted by molar-refractivity contribution is 7.11. The van der Waals surface area contributed by atoms with Gasteiger partial charge in [0.1, 0.15) is 0 Å². The van der Waals surface area contributed by atoms with E-state index in [0.29, 0.717) is 26.1 Å². The molecule has 1 N–H and O–H groups in total. The van der Waals surface area contributed by atoms with Crippen LogP contribution in [0.4, 0.5) is 0 Å². The largest absolute Gasteiger partial charge is 0.383 e. The standard InChI is InChI=1S/C17H25N3O3S/c1-12-3-4-15(24-12)11-19-9-14(10-19)20-8-13(7-16(20)21)17(22)18-5-6-23-2/h3-4,13-14H,5-11H2,1-2H3,(H,18,22). The topological polar surface area (TPSA) is 61.9 Å². The minimum Gasteiger partial charge on any atom is -0.383 e. The van der Waals surface area contributed by atoms with Crippen molar-refractivity contribution in [2.45, 2.75) is 25.9 Å². The van der Waals surface area contributed by atoms with E-state index in [1.807, 2.05) is 16.2 Å². The van der Waals surface area contributed by atoms with Crippen molar-refractivity contribution in [2.75, 3.05) is 39.9 Å². The first-order chi connectivity index (χ1) is 11.6. The number of rotatable bonds is 7. The molecule has 2 saturated heterocycles. The molecule has 1 aromatic heterocycles. The van der Waals surface area contributed by atoms with Crippen LogP contribution in [0.1, 0.15) is 16.2 Å². The van der Waals surface area contributed by atoms with Crippen molar-refractivity contribution in [2.24, 2.45) is 5.92 Å². The zero-order chi connectivity index (χ0) is 17.1. The second-order valence-corrected chi connectivity index (χ2v) is 7.96. The second kappa shape index (κ2) is 7.63. The van der Waals surface area contributed by atoms with Gasteiger partial charge in [0, 0.05) is 56.0 Å². The Morgan fingerprint density at radius 1 is 1.38 bits per heavy atom. The van der Waals surface area contributed by atoms with Crippen LogP contribution in [0.5, 0.6) is 0 Å². The van der Waals surface area contributed by atoms with Gasteiger partial charge in [-0.25, -0.2) is 0 Å². The molecule has 132 valence electrons. The van der Waals surface area contributed by atoms with Crippen molar-refractivity contribution in [1.82, 2.24) is 15.1 Å². The van der Waals surface area contributed by atoms with E-state index in [1.54, 1.807) is 7.11 Å². The smallest absolute Gasteiger partial charge is 0.225 e. The van der Waals surface area contributed by atoms with Gasteiger partial charge in [-0.3, -0.25) is 14.5 Å². The van der Waals surface area contributed by atoms with Gasteiger partial charge in [-0.15, -0.1) is 11.3 Å². The number of carbonyl (C=O) groups excluding carboxylic acids is 2. The van der Waals surface area contributed by atoms with Crippen LogP contribution in [-0.2, 0) is 20.9 Å². The van der Waals surface area contributed by atoms with Crippen molar-refractivity contribution in [1.29, 1.82) is 0 Å². The molecule has 0 radical (unpaired) electrons. The molecule has 2 aliphatic heterocycles. The monoisotopic (exact) mass is 351 g/mol. The van der Waals surface area contributed by atoms with Gasteiger partial charge >= 0.3 is 0 Å². The number of nitrogens with one attached hydrogen (secondary N) is 1. The zero-order valence-corrected chi connectivity index (χ0v) is 15.1. The van der Waals surface area contributed by atoms with E-state index in [0.717, 1.165) is 19.6 Å². The molecule has 0 aliphatic carbocycles. The molecule has 0 bridgehead atoms. The summed E-state index contributed by atoms with van der Waals surface area (Å²) in [7, 11) is 1.60. The van der Waals surface area contributed by atoms with Crippen LogP contribution in [0.3, 0.4) is 0 Å². The maximum atomic E-state index is 12.2. The van der Waals surface area contributed by atoms with Crippen LogP contribution in [0.2, 0.25) is 0 Å². The Morgan fingerprint density at radius 2 is 2.17 bits per heavy atom. The molecule has 6 nitrogen and oxygen atoms in total. The van der Waals surface area contributed by atoms with E-state index in [-0.39, 0.29) is 23.8 Å². The molecule has 0 spiro atoms. The third kappa shape index (κ3) is 3.96. The molecule has 1 atom stereocenters. The summed E-state index contributed by atoms with van der Waals surface area (Å²) in [6.07, 6.45) is 0.333. The van der Waals surface area contributed by atoms with E-state index < -0.39 is 0 Å². The molecule has 0 aromatic carbocycles. The lowest BCUT2D eigenvalue weighted by atomic mass is 10.1. The highest BCUT2D eigenvalue weighted by Gasteiger charge is 2.42. The van der Waals surface area contributed by atoms with Crippen molar-refractivity contribution in [3.63, 3.8) is 0 Å². The van der Waals surface area contributed by atoms with Crippen LogP contribution in [-0.4, -0.2) is 67.6 Å². The molecule has 2 amide bonds. The predicted molar refractivity (Wildman–Crippen MR) is 92.8 cm³/mol. The lowest BCUT2D eigenvalue weighted by molar-refractivity contribution is -0.133. The number of methoxy groups -OCH3 is 1. The van der Waals surface area contributed by atoms with Gasteiger partial charge in [-0.2, -0.15) is 0 Å². The summed E-state index contributed by atoms with van der Waals surface area (Å²) in [5, 5.41) is 2.83. The van der Waals surface area contributed by atoms with Crippen molar-refractivity contribution in [3.8, 4) is 0 Å². The average Bonchev–Trinajstić information content (AvgIpc) is 3.09. The van der Waals surface area contributed by atoms with E-state index in [2.05, 4.69) is 29.3 Å². The van der Waals surface area contributed by atoms with E-state index >= 15 is 0 Å². The van der Waals surface area contributed by atoms with Gasteiger partial charge in [0.15, 0.2) is 0 Å². The molecule has 1 aromatic rings. The minimum atomic E-state index is -0.219. The number of hydrogen-bond donors (Lipinski definition) is 1. The molecule has 2 aliphatic rings. The predicted octanol–water partition coefficient (Wildman–Crippen LogP) is 0.852. The zero-order valence-electron chi connectivity index (χ0n) is 14.3. The average molecular weight is 351 g/mol. The molecular weight excluding hydrogens is 326 g/mol. The van der Waals surface area contributed by atoms with Gasteiger partial charge in [-0.1, -0.05) is 0 Å². The second-order valence-electron chi connectivity index (χ2n) is 6.59.